The van der Waals surface area contributed by atoms with Crippen LogP contribution < -0.4 is 10.2 Å². The number of piperazine rings is 1. The molecule has 0 aromatic heterocycles. The van der Waals surface area contributed by atoms with Crippen molar-refractivity contribution in [3.05, 3.63) is 66.0 Å². The number of nitrogens with zero attached hydrogens (tertiary/aromatic N) is 3. The first-order valence-electron chi connectivity index (χ1n) is 11.8. The van der Waals surface area contributed by atoms with E-state index in [0.717, 1.165) is 32.2 Å². The van der Waals surface area contributed by atoms with Gasteiger partial charge in [0.25, 0.3) is 5.91 Å². The van der Waals surface area contributed by atoms with E-state index in [0.29, 0.717) is 19.5 Å². The zero-order chi connectivity index (χ0) is 24.3. The Kier molecular flexibility index (Phi) is 6.91. The fourth-order valence-corrected chi connectivity index (χ4v) is 4.81. The lowest BCUT2D eigenvalue weighted by atomic mass is 10.0. The molecule has 8 heteroatoms. The number of rotatable bonds is 6. The lowest BCUT2D eigenvalue weighted by molar-refractivity contribution is -0.136. The number of anilines is 1. The van der Waals surface area contributed by atoms with Gasteiger partial charge in [-0.15, -0.1) is 0 Å². The van der Waals surface area contributed by atoms with Crippen molar-refractivity contribution in [2.45, 2.75) is 31.4 Å². The summed E-state index contributed by atoms with van der Waals surface area (Å²) in [5, 5.41) is 13.9. The van der Waals surface area contributed by atoms with Gasteiger partial charge in [-0.1, -0.05) is 24.3 Å². The molecule has 2 amide bonds. The molecule has 0 bridgehead atoms. The third-order valence-corrected chi connectivity index (χ3v) is 6.68. The van der Waals surface area contributed by atoms with E-state index in [4.69, 9.17) is 0 Å². The predicted molar refractivity (Wildman–Crippen MR) is 129 cm³/mol. The van der Waals surface area contributed by atoms with Crippen LogP contribution in [0.4, 0.5) is 10.1 Å². The molecule has 2 heterocycles. The minimum Gasteiger partial charge on any atom is -0.387 e. The Hall–Kier alpha value is -2.97. The molecule has 2 aromatic carbocycles. The Morgan fingerprint density at radius 3 is 2.41 bits per heavy atom. The number of amides is 2. The number of hydrogen-bond donors (Lipinski definition) is 2. The van der Waals surface area contributed by atoms with Gasteiger partial charge in [-0.05, 0) is 50.6 Å². The van der Waals surface area contributed by atoms with Gasteiger partial charge in [-0.25, -0.2) is 4.39 Å². The highest BCUT2D eigenvalue weighted by molar-refractivity contribution is 5.99. The van der Waals surface area contributed by atoms with Crippen molar-refractivity contribution in [1.82, 2.24) is 15.1 Å². The summed E-state index contributed by atoms with van der Waals surface area (Å²) in [5.41, 5.74) is -0.794. The monoisotopic (exact) mass is 468 g/mol. The van der Waals surface area contributed by atoms with Crippen molar-refractivity contribution in [2.75, 3.05) is 50.7 Å². The standard InChI is InChI=1S/C26H33FN4O3/c1-25(2,28-23(32)20-7-6-8-21(27)17-20)24(33)31-12-11-26(34,19-31)18-29-13-15-30(16-14-29)22-9-4-3-5-10-22/h3-10,17,34H,11-16,18-19H2,1-2H3,(H,28,32)/t26-/m0/s1. The summed E-state index contributed by atoms with van der Waals surface area (Å²) in [6.07, 6.45) is 0.492. The number of carbonyl (C=O) groups is 2. The van der Waals surface area contributed by atoms with Gasteiger partial charge >= 0.3 is 0 Å². The number of aliphatic hydroxyl groups is 1. The number of likely N-dealkylation sites (tertiary alicyclic amines) is 1. The van der Waals surface area contributed by atoms with Crippen LogP contribution in [0.3, 0.4) is 0 Å². The fourth-order valence-electron chi connectivity index (χ4n) is 4.81. The van der Waals surface area contributed by atoms with Crippen molar-refractivity contribution in [2.24, 2.45) is 0 Å². The maximum Gasteiger partial charge on any atom is 0.252 e. The lowest BCUT2D eigenvalue weighted by Crippen LogP contribution is -2.57. The van der Waals surface area contributed by atoms with E-state index in [1.54, 1.807) is 18.7 Å². The summed E-state index contributed by atoms with van der Waals surface area (Å²) < 4.78 is 13.5. The minimum atomic E-state index is -1.18. The molecule has 2 saturated heterocycles. The highest BCUT2D eigenvalue weighted by atomic mass is 19.1. The number of halogens is 1. The molecule has 182 valence electrons. The Labute approximate surface area is 200 Å². The van der Waals surface area contributed by atoms with Crippen LogP contribution in [0, 0.1) is 5.82 Å². The third-order valence-electron chi connectivity index (χ3n) is 6.68. The number of para-hydroxylation sites is 1. The second-order valence-electron chi connectivity index (χ2n) is 9.89. The average Bonchev–Trinajstić information content (AvgIpc) is 3.20. The summed E-state index contributed by atoms with van der Waals surface area (Å²) in [6, 6.07) is 15.7. The summed E-state index contributed by atoms with van der Waals surface area (Å²) in [4.78, 5) is 31.9. The molecule has 2 aliphatic heterocycles. The van der Waals surface area contributed by atoms with Crippen LogP contribution in [0.5, 0.6) is 0 Å². The summed E-state index contributed by atoms with van der Waals surface area (Å²) in [5.74, 6) is -1.28. The average molecular weight is 469 g/mol. The quantitative estimate of drug-likeness (QED) is 0.679. The van der Waals surface area contributed by atoms with Gasteiger partial charge in [0.1, 0.15) is 11.4 Å². The second kappa shape index (κ2) is 9.72. The van der Waals surface area contributed by atoms with E-state index in [9.17, 15) is 19.1 Å². The molecule has 7 nitrogen and oxygen atoms in total. The van der Waals surface area contributed by atoms with Crippen LogP contribution in [-0.2, 0) is 4.79 Å². The Bertz CT molecular complexity index is 1020. The van der Waals surface area contributed by atoms with Gasteiger partial charge in [0.2, 0.25) is 5.91 Å². The molecule has 1 atom stereocenters. The molecular formula is C26H33FN4O3. The predicted octanol–water partition coefficient (Wildman–Crippen LogP) is 2.12. The van der Waals surface area contributed by atoms with Crippen LogP contribution in [0.15, 0.2) is 54.6 Å². The van der Waals surface area contributed by atoms with Crippen LogP contribution in [0.1, 0.15) is 30.6 Å². The molecule has 0 spiro atoms. The van der Waals surface area contributed by atoms with Gasteiger partial charge in [0, 0.05) is 50.5 Å². The molecule has 2 aromatic rings. The van der Waals surface area contributed by atoms with E-state index in [1.807, 2.05) is 18.2 Å². The van der Waals surface area contributed by atoms with E-state index >= 15 is 0 Å². The smallest absolute Gasteiger partial charge is 0.252 e. The van der Waals surface area contributed by atoms with Crippen molar-refractivity contribution >= 4 is 17.5 Å². The maximum atomic E-state index is 13.5. The van der Waals surface area contributed by atoms with Gasteiger partial charge in [0.15, 0.2) is 0 Å². The van der Waals surface area contributed by atoms with Gasteiger partial charge < -0.3 is 20.2 Å². The fraction of sp³-hybridized carbons (Fsp3) is 0.462. The maximum absolute atomic E-state index is 13.5. The Morgan fingerprint density at radius 1 is 1.03 bits per heavy atom. The normalized spacial score (nSPS) is 21.5. The number of carbonyl (C=O) groups excluding carboxylic acids is 2. The van der Waals surface area contributed by atoms with Gasteiger partial charge in [-0.3, -0.25) is 14.5 Å². The highest BCUT2D eigenvalue weighted by Crippen LogP contribution is 2.26. The minimum absolute atomic E-state index is 0.161. The largest absolute Gasteiger partial charge is 0.387 e. The number of β-amino-alcohol motifs (C(OH)–C–C–N with tert-alkyl or cyclic N) is 1. The molecule has 4 rings (SSSR count). The van der Waals surface area contributed by atoms with Crippen molar-refractivity contribution in [3.63, 3.8) is 0 Å². The van der Waals surface area contributed by atoms with E-state index in [-0.39, 0.29) is 18.0 Å². The van der Waals surface area contributed by atoms with Gasteiger partial charge in [-0.2, -0.15) is 0 Å². The van der Waals surface area contributed by atoms with E-state index in [2.05, 4.69) is 27.2 Å². The molecule has 2 fully saturated rings. The van der Waals surface area contributed by atoms with Crippen LogP contribution in [0.25, 0.3) is 0 Å². The van der Waals surface area contributed by atoms with Gasteiger partial charge in [0.05, 0.1) is 12.1 Å². The molecule has 2 N–H and O–H groups in total. The molecular weight excluding hydrogens is 435 g/mol. The Morgan fingerprint density at radius 2 is 1.74 bits per heavy atom. The zero-order valence-electron chi connectivity index (χ0n) is 19.8. The Balaban J connectivity index is 1.30. The molecule has 0 radical (unpaired) electrons. The molecule has 2 aliphatic rings. The first kappa shape index (κ1) is 24.2. The first-order chi connectivity index (χ1) is 16.2. The lowest BCUT2D eigenvalue weighted by Gasteiger charge is -2.39. The van der Waals surface area contributed by atoms with Crippen LogP contribution in [0.2, 0.25) is 0 Å². The van der Waals surface area contributed by atoms with Crippen LogP contribution in [-0.4, -0.2) is 83.7 Å². The summed E-state index contributed by atoms with van der Waals surface area (Å²) in [6.45, 7) is 7.90. The van der Waals surface area contributed by atoms with Crippen molar-refractivity contribution < 1.29 is 19.1 Å². The topological polar surface area (TPSA) is 76.1 Å². The number of hydrogen-bond acceptors (Lipinski definition) is 5. The molecule has 34 heavy (non-hydrogen) atoms. The third kappa shape index (κ3) is 5.56. The van der Waals surface area contributed by atoms with E-state index < -0.39 is 22.9 Å². The van der Waals surface area contributed by atoms with E-state index in [1.165, 1.54) is 23.9 Å². The first-order valence-corrected chi connectivity index (χ1v) is 11.8. The number of nitrogens with one attached hydrogen (secondary N) is 1. The van der Waals surface area contributed by atoms with Crippen molar-refractivity contribution in [3.8, 4) is 0 Å². The SMILES string of the molecule is CC(C)(NC(=O)c1cccc(F)c1)C(=O)N1CC[C@](O)(CN2CCN(c3ccccc3)CC2)C1. The zero-order valence-corrected chi connectivity index (χ0v) is 19.8. The second-order valence-corrected chi connectivity index (χ2v) is 9.89. The molecule has 0 saturated carbocycles. The highest BCUT2D eigenvalue weighted by Gasteiger charge is 2.44. The van der Waals surface area contributed by atoms with Crippen LogP contribution >= 0.6 is 0 Å². The molecule has 0 aliphatic carbocycles. The molecule has 0 unspecified atom stereocenters. The number of benzene rings is 2. The van der Waals surface area contributed by atoms with Crippen molar-refractivity contribution in [1.29, 1.82) is 0 Å². The summed E-state index contributed by atoms with van der Waals surface area (Å²) in [7, 11) is 0. The summed E-state index contributed by atoms with van der Waals surface area (Å²) >= 11 is 0.